The number of piperidine rings is 1. The van der Waals surface area contributed by atoms with Crippen molar-refractivity contribution in [3.63, 3.8) is 0 Å². The summed E-state index contributed by atoms with van der Waals surface area (Å²) in [6.07, 6.45) is 5.47. The molecule has 1 saturated heterocycles. The standard InChI is InChI=1S/C33H41N5O6S/c1-4-24(5-2)35-32(41)36-25-8-9-28(23(16-25)20-42-3)44-30-19-34-33(45-30)37-31(40)22-7-6-21-17-27(43-29(21)18-22)12-15-38-13-10-26(39)11-14-38/h6-9,16-19,24,26,39H,4-5,10-15,20H2,1-3H3,(H,34,37,40)(H2,35,36,41). The number of hydrogen-bond donors (Lipinski definition) is 4. The maximum Gasteiger partial charge on any atom is 0.319 e. The molecule has 1 fully saturated rings. The summed E-state index contributed by atoms with van der Waals surface area (Å²) >= 11 is 1.20. The molecule has 0 radical (unpaired) electrons. The predicted octanol–water partition coefficient (Wildman–Crippen LogP) is 6.39. The van der Waals surface area contributed by atoms with Crippen LogP contribution in [-0.2, 0) is 17.8 Å². The second kappa shape index (κ2) is 15.3. The number of carbonyl (C=O) groups is 2. The fourth-order valence-electron chi connectivity index (χ4n) is 5.27. The molecule has 1 aliphatic heterocycles. The SMILES string of the molecule is CCC(CC)NC(=O)Nc1ccc(Oc2cnc(NC(=O)c3ccc4cc(CCN5CCC(O)CC5)oc4c3)s2)c(COC)c1. The number of anilines is 2. The number of thiazole rings is 1. The average molecular weight is 636 g/mol. The van der Waals surface area contributed by atoms with Gasteiger partial charge in [0.05, 0.1) is 18.9 Å². The molecule has 3 heterocycles. The molecule has 45 heavy (non-hydrogen) atoms. The predicted molar refractivity (Wildman–Crippen MR) is 175 cm³/mol. The van der Waals surface area contributed by atoms with Crippen LogP contribution in [0.4, 0.5) is 15.6 Å². The molecule has 2 aromatic carbocycles. The summed E-state index contributed by atoms with van der Waals surface area (Å²) in [5.74, 6) is 1.13. The Balaban J connectivity index is 1.18. The molecule has 0 aliphatic carbocycles. The van der Waals surface area contributed by atoms with Gasteiger partial charge < -0.3 is 34.5 Å². The van der Waals surface area contributed by atoms with Crippen molar-refractivity contribution in [1.29, 1.82) is 0 Å². The molecule has 0 bridgehead atoms. The molecule has 240 valence electrons. The second-order valence-corrected chi connectivity index (χ2v) is 12.2. The number of methoxy groups -OCH3 is 1. The van der Waals surface area contributed by atoms with Gasteiger partial charge in [-0.05, 0) is 62.1 Å². The number of nitrogens with zero attached hydrogens (tertiary/aromatic N) is 2. The van der Waals surface area contributed by atoms with E-state index in [-0.39, 0.29) is 30.7 Å². The van der Waals surface area contributed by atoms with E-state index in [1.807, 2.05) is 32.0 Å². The minimum atomic E-state index is -0.301. The quantitative estimate of drug-likeness (QED) is 0.133. The highest BCUT2D eigenvalue weighted by molar-refractivity contribution is 7.17. The summed E-state index contributed by atoms with van der Waals surface area (Å²) in [5, 5.41) is 20.2. The van der Waals surface area contributed by atoms with Crippen LogP contribution < -0.4 is 20.7 Å². The van der Waals surface area contributed by atoms with Crippen LogP contribution in [0.25, 0.3) is 11.0 Å². The minimum absolute atomic E-state index is 0.116. The Morgan fingerprint density at radius 3 is 2.67 bits per heavy atom. The van der Waals surface area contributed by atoms with Crippen LogP contribution in [0.3, 0.4) is 0 Å². The molecule has 0 spiro atoms. The van der Waals surface area contributed by atoms with Crippen molar-refractivity contribution >= 4 is 45.1 Å². The van der Waals surface area contributed by atoms with Gasteiger partial charge in [-0.3, -0.25) is 10.1 Å². The molecule has 12 heteroatoms. The number of benzene rings is 2. The zero-order valence-electron chi connectivity index (χ0n) is 25.9. The molecular formula is C33H41N5O6S. The largest absolute Gasteiger partial charge is 0.461 e. The topological polar surface area (TPSA) is 138 Å². The Kier molecular flexibility index (Phi) is 11.1. The lowest BCUT2D eigenvalue weighted by Crippen LogP contribution is -2.37. The van der Waals surface area contributed by atoms with Gasteiger partial charge in [-0.25, -0.2) is 9.78 Å². The fourth-order valence-corrected chi connectivity index (χ4v) is 5.95. The van der Waals surface area contributed by atoms with Gasteiger partial charge >= 0.3 is 6.03 Å². The van der Waals surface area contributed by atoms with Crippen LogP contribution >= 0.6 is 11.3 Å². The Bertz CT molecular complexity index is 1590. The molecule has 0 unspecified atom stereocenters. The molecule has 11 nitrogen and oxygen atoms in total. The first-order chi connectivity index (χ1) is 21.8. The first kappa shape index (κ1) is 32.4. The van der Waals surface area contributed by atoms with E-state index >= 15 is 0 Å². The number of furan rings is 1. The number of rotatable bonds is 13. The highest BCUT2D eigenvalue weighted by Crippen LogP contribution is 2.34. The first-order valence-electron chi connectivity index (χ1n) is 15.4. The van der Waals surface area contributed by atoms with Crippen LogP contribution in [0.5, 0.6) is 10.8 Å². The summed E-state index contributed by atoms with van der Waals surface area (Å²) < 4.78 is 17.5. The lowest BCUT2D eigenvalue weighted by molar-refractivity contribution is 0.0826. The van der Waals surface area contributed by atoms with Gasteiger partial charge in [0.25, 0.3) is 5.91 Å². The maximum atomic E-state index is 13.1. The average Bonchev–Trinajstić information content (AvgIpc) is 3.66. The zero-order valence-corrected chi connectivity index (χ0v) is 26.7. The number of aliphatic hydroxyl groups is 1. The normalized spacial score (nSPS) is 14.2. The highest BCUT2D eigenvalue weighted by Gasteiger charge is 2.18. The fraction of sp³-hybridized carbons (Fsp3) is 0.424. The molecule has 4 aromatic rings. The zero-order chi connectivity index (χ0) is 31.8. The van der Waals surface area contributed by atoms with E-state index in [1.165, 1.54) is 11.3 Å². The van der Waals surface area contributed by atoms with Crippen LogP contribution in [-0.4, -0.2) is 65.8 Å². The van der Waals surface area contributed by atoms with Gasteiger partial charge in [0.15, 0.2) is 5.13 Å². The van der Waals surface area contributed by atoms with Gasteiger partial charge in [0.1, 0.15) is 17.1 Å². The molecule has 0 saturated carbocycles. The summed E-state index contributed by atoms with van der Waals surface area (Å²) in [4.78, 5) is 32.1. The number of ether oxygens (including phenoxy) is 2. The molecular weight excluding hydrogens is 594 g/mol. The number of amides is 3. The lowest BCUT2D eigenvalue weighted by atomic mass is 10.1. The van der Waals surface area contributed by atoms with Crippen molar-refractivity contribution in [2.75, 3.05) is 37.4 Å². The Hall–Kier alpha value is -3.97. The summed E-state index contributed by atoms with van der Waals surface area (Å²) in [5.41, 5.74) is 2.49. The Morgan fingerprint density at radius 1 is 1.11 bits per heavy atom. The summed E-state index contributed by atoms with van der Waals surface area (Å²) in [6.45, 7) is 7.01. The monoisotopic (exact) mass is 635 g/mol. The van der Waals surface area contributed by atoms with Crippen LogP contribution in [0, 0.1) is 0 Å². The van der Waals surface area contributed by atoms with Gasteiger partial charge in [-0.15, -0.1) is 0 Å². The van der Waals surface area contributed by atoms with E-state index in [4.69, 9.17) is 13.9 Å². The first-order valence-corrected chi connectivity index (χ1v) is 16.2. The van der Waals surface area contributed by atoms with E-state index in [2.05, 4.69) is 25.8 Å². The summed E-state index contributed by atoms with van der Waals surface area (Å²) in [6, 6.07) is 12.6. The van der Waals surface area contributed by atoms with Gasteiger partial charge in [0, 0.05) is 61.4 Å². The Labute approximate surface area is 266 Å². The van der Waals surface area contributed by atoms with Crippen LogP contribution in [0.1, 0.15) is 61.2 Å². The molecule has 3 amide bonds. The van der Waals surface area contributed by atoms with E-state index in [0.29, 0.717) is 32.8 Å². The number of aromatic nitrogens is 1. The van der Waals surface area contributed by atoms with Crippen molar-refractivity contribution in [3.05, 3.63) is 65.5 Å². The number of hydrogen-bond acceptors (Lipinski definition) is 9. The van der Waals surface area contributed by atoms with Gasteiger partial charge in [0.2, 0.25) is 5.06 Å². The Morgan fingerprint density at radius 2 is 1.91 bits per heavy atom. The number of carbonyl (C=O) groups excluding carboxylic acids is 2. The van der Waals surface area contributed by atoms with Crippen molar-refractivity contribution in [1.82, 2.24) is 15.2 Å². The van der Waals surface area contributed by atoms with E-state index in [1.54, 1.807) is 37.6 Å². The smallest absolute Gasteiger partial charge is 0.319 e. The van der Waals surface area contributed by atoms with E-state index < -0.39 is 0 Å². The van der Waals surface area contributed by atoms with Crippen molar-refractivity contribution in [2.24, 2.45) is 0 Å². The number of fused-ring (bicyclic) bond motifs is 1. The summed E-state index contributed by atoms with van der Waals surface area (Å²) in [7, 11) is 1.59. The lowest BCUT2D eigenvalue weighted by Gasteiger charge is -2.29. The van der Waals surface area contributed by atoms with Gasteiger partial charge in [-0.2, -0.15) is 0 Å². The highest BCUT2D eigenvalue weighted by atomic mass is 32.1. The van der Waals surface area contributed by atoms with E-state index in [0.717, 1.165) is 68.4 Å². The number of nitrogens with one attached hydrogen (secondary N) is 3. The maximum absolute atomic E-state index is 13.1. The second-order valence-electron chi connectivity index (χ2n) is 11.2. The van der Waals surface area contributed by atoms with E-state index in [9.17, 15) is 14.7 Å². The number of urea groups is 1. The molecule has 4 N–H and O–H groups in total. The minimum Gasteiger partial charge on any atom is -0.461 e. The molecule has 1 aliphatic rings. The van der Waals surface area contributed by atoms with Crippen LogP contribution in [0.2, 0.25) is 0 Å². The third kappa shape index (κ3) is 8.82. The molecule has 2 aromatic heterocycles. The van der Waals surface area contributed by atoms with Crippen LogP contribution in [0.15, 0.2) is 53.1 Å². The van der Waals surface area contributed by atoms with Crippen molar-refractivity contribution in [2.45, 2.75) is 64.7 Å². The van der Waals surface area contributed by atoms with Crippen molar-refractivity contribution in [3.8, 4) is 10.8 Å². The third-order valence-electron chi connectivity index (χ3n) is 7.92. The van der Waals surface area contributed by atoms with Crippen molar-refractivity contribution < 1.29 is 28.6 Å². The van der Waals surface area contributed by atoms with Gasteiger partial charge in [-0.1, -0.05) is 31.3 Å². The third-order valence-corrected chi connectivity index (χ3v) is 8.71. The molecule has 5 rings (SSSR count). The number of likely N-dealkylation sites (tertiary alicyclic amines) is 1. The number of aliphatic hydroxyl groups excluding tert-OH is 1. The molecule has 0 atom stereocenters.